The number of nitrogen functional groups attached to an aromatic ring is 1. The van der Waals surface area contributed by atoms with Gasteiger partial charge in [0, 0.05) is 16.2 Å². The Hall–Kier alpha value is -1.33. The van der Waals surface area contributed by atoms with E-state index in [9.17, 15) is 0 Å². The van der Waals surface area contributed by atoms with E-state index in [0.29, 0.717) is 11.0 Å². The van der Waals surface area contributed by atoms with Crippen molar-refractivity contribution in [3.8, 4) is 0 Å². The Bertz CT molecular complexity index is 539. The van der Waals surface area contributed by atoms with Crippen LogP contribution in [-0.4, -0.2) is 9.97 Å². The van der Waals surface area contributed by atoms with Gasteiger partial charge in [-0.1, -0.05) is 33.6 Å². The lowest BCUT2D eigenvalue weighted by Crippen LogP contribution is -2.01. The van der Waals surface area contributed by atoms with E-state index >= 15 is 0 Å². The van der Waals surface area contributed by atoms with E-state index in [1.54, 1.807) is 6.07 Å². The second kappa shape index (κ2) is 4.89. The minimum Gasteiger partial charge on any atom is -0.368 e. The number of nitrogens with one attached hydrogen (secondary N) is 1. The Balaban J connectivity index is 2.34. The molecule has 0 amide bonds. The van der Waals surface area contributed by atoms with Crippen molar-refractivity contribution < 1.29 is 0 Å². The van der Waals surface area contributed by atoms with Crippen LogP contribution in [0.4, 0.5) is 17.5 Å². The van der Waals surface area contributed by atoms with Gasteiger partial charge in [-0.3, -0.25) is 0 Å². The molecule has 1 aromatic heterocycles. The number of halogens is 2. The van der Waals surface area contributed by atoms with Crippen LogP contribution in [0.15, 0.2) is 28.7 Å². The molecular weight excluding hydrogens is 304 g/mol. The van der Waals surface area contributed by atoms with E-state index in [-0.39, 0.29) is 5.95 Å². The highest BCUT2D eigenvalue weighted by Gasteiger charge is 2.04. The Labute approximate surface area is 112 Å². The van der Waals surface area contributed by atoms with E-state index in [0.717, 1.165) is 15.7 Å². The molecule has 0 saturated carbocycles. The zero-order valence-electron chi connectivity index (χ0n) is 9.04. The number of hydrogen-bond acceptors (Lipinski definition) is 4. The maximum absolute atomic E-state index is 5.81. The van der Waals surface area contributed by atoms with Gasteiger partial charge in [0.25, 0.3) is 0 Å². The van der Waals surface area contributed by atoms with Crippen LogP contribution in [-0.2, 0) is 0 Å². The summed E-state index contributed by atoms with van der Waals surface area (Å²) in [6.07, 6.45) is 0. The van der Waals surface area contributed by atoms with Gasteiger partial charge in [-0.25, -0.2) is 4.98 Å². The van der Waals surface area contributed by atoms with Crippen LogP contribution in [0.1, 0.15) is 5.56 Å². The summed E-state index contributed by atoms with van der Waals surface area (Å²) >= 11 is 9.27. The van der Waals surface area contributed by atoms with Gasteiger partial charge in [0.05, 0.1) is 0 Å². The third-order valence-corrected chi connectivity index (χ3v) is 3.30. The molecule has 0 saturated heterocycles. The standard InChI is InChI=1S/C11H10BrClN4/c1-6-7(12)3-2-4-8(6)15-10-5-9(13)16-11(14)17-10/h2-5H,1H3,(H3,14,15,16,17). The molecule has 0 unspecified atom stereocenters. The summed E-state index contributed by atoms with van der Waals surface area (Å²) < 4.78 is 1.02. The lowest BCUT2D eigenvalue weighted by molar-refractivity contribution is 1.18. The van der Waals surface area contributed by atoms with Crippen LogP contribution in [0.25, 0.3) is 0 Å². The van der Waals surface area contributed by atoms with Crippen molar-refractivity contribution in [3.05, 3.63) is 39.5 Å². The highest BCUT2D eigenvalue weighted by atomic mass is 79.9. The first-order chi connectivity index (χ1) is 8.06. The summed E-state index contributed by atoms with van der Waals surface area (Å²) in [6.45, 7) is 2.00. The molecule has 0 fully saturated rings. The van der Waals surface area contributed by atoms with Gasteiger partial charge in [-0.2, -0.15) is 4.98 Å². The first-order valence-electron chi connectivity index (χ1n) is 4.88. The molecule has 6 heteroatoms. The quantitative estimate of drug-likeness (QED) is 0.833. The minimum atomic E-state index is 0.146. The van der Waals surface area contributed by atoms with Gasteiger partial charge >= 0.3 is 0 Å². The molecule has 0 radical (unpaired) electrons. The zero-order valence-corrected chi connectivity index (χ0v) is 11.4. The number of rotatable bonds is 2. The number of aromatic nitrogens is 2. The predicted octanol–water partition coefficient (Wildman–Crippen LogP) is 3.53. The predicted molar refractivity (Wildman–Crippen MR) is 73.6 cm³/mol. The summed E-state index contributed by atoms with van der Waals surface area (Å²) in [5, 5.41) is 3.46. The number of hydrogen-bond donors (Lipinski definition) is 2. The molecule has 4 nitrogen and oxygen atoms in total. The smallest absolute Gasteiger partial charge is 0.223 e. The Morgan fingerprint density at radius 3 is 2.82 bits per heavy atom. The van der Waals surface area contributed by atoms with Crippen molar-refractivity contribution in [1.82, 2.24) is 9.97 Å². The average molecular weight is 314 g/mol. The fourth-order valence-corrected chi connectivity index (χ4v) is 1.94. The fourth-order valence-electron chi connectivity index (χ4n) is 1.38. The third-order valence-electron chi connectivity index (χ3n) is 2.24. The van der Waals surface area contributed by atoms with Crippen molar-refractivity contribution >= 4 is 45.0 Å². The van der Waals surface area contributed by atoms with Gasteiger partial charge in [-0.05, 0) is 24.6 Å². The number of benzene rings is 1. The molecule has 0 spiro atoms. The summed E-state index contributed by atoms with van der Waals surface area (Å²) in [6, 6.07) is 7.48. The van der Waals surface area contributed by atoms with Crippen LogP contribution >= 0.6 is 27.5 Å². The normalized spacial score (nSPS) is 10.3. The van der Waals surface area contributed by atoms with E-state index < -0.39 is 0 Å². The van der Waals surface area contributed by atoms with Gasteiger partial charge in [0.2, 0.25) is 5.95 Å². The van der Waals surface area contributed by atoms with Crippen LogP contribution in [0.3, 0.4) is 0 Å². The van der Waals surface area contributed by atoms with Crippen LogP contribution in [0.2, 0.25) is 5.15 Å². The molecule has 1 aromatic carbocycles. The van der Waals surface area contributed by atoms with Crippen molar-refractivity contribution in [2.75, 3.05) is 11.1 Å². The first-order valence-corrected chi connectivity index (χ1v) is 6.05. The van der Waals surface area contributed by atoms with Crippen molar-refractivity contribution in [3.63, 3.8) is 0 Å². The monoisotopic (exact) mass is 312 g/mol. The highest BCUT2D eigenvalue weighted by Crippen LogP contribution is 2.26. The van der Waals surface area contributed by atoms with E-state index in [4.69, 9.17) is 17.3 Å². The molecule has 17 heavy (non-hydrogen) atoms. The van der Waals surface area contributed by atoms with Gasteiger partial charge in [0.15, 0.2) is 0 Å². The van der Waals surface area contributed by atoms with Gasteiger partial charge in [-0.15, -0.1) is 0 Å². The molecule has 0 aliphatic rings. The van der Waals surface area contributed by atoms with E-state index in [1.807, 2.05) is 25.1 Å². The number of anilines is 3. The first kappa shape index (κ1) is 12.1. The molecule has 0 aliphatic carbocycles. The van der Waals surface area contributed by atoms with Crippen LogP contribution in [0, 0.1) is 6.92 Å². The maximum atomic E-state index is 5.81. The molecule has 3 N–H and O–H groups in total. The fraction of sp³-hybridized carbons (Fsp3) is 0.0909. The van der Waals surface area contributed by atoms with Gasteiger partial charge < -0.3 is 11.1 Å². The zero-order chi connectivity index (χ0) is 12.4. The molecule has 2 rings (SSSR count). The summed E-state index contributed by atoms with van der Waals surface area (Å²) in [5.74, 6) is 0.719. The molecule has 88 valence electrons. The molecule has 0 bridgehead atoms. The Morgan fingerprint density at radius 1 is 1.35 bits per heavy atom. The van der Waals surface area contributed by atoms with Crippen LogP contribution < -0.4 is 11.1 Å². The summed E-state index contributed by atoms with van der Waals surface area (Å²) in [5.41, 5.74) is 7.55. The van der Waals surface area contributed by atoms with Crippen LogP contribution in [0.5, 0.6) is 0 Å². The average Bonchev–Trinajstić information content (AvgIpc) is 2.23. The topological polar surface area (TPSA) is 63.8 Å². The SMILES string of the molecule is Cc1c(Br)cccc1Nc1cc(Cl)nc(N)n1. The van der Waals surface area contributed by atoms with Crippen molar-refractivity contribution in [2.24, 2.45) is 0 Å². The Kier molecular flexibility index (Phi) is 3.49. The molecule has 0 atom stereocenters. The maximum Gasteiger partial charge on any atom is 0.223 e. The van der Waals surface area contributed by atoms with Crippen molar-refractivity contribution in [1.29, 1.82) is 0 Å². The summed E-state index contributed by atoms with van der Waals surface area (Å²) in [7, 11) is 0. The molecule has 2 aromatic rings. The second-order valence-electron chi connectivity index (χ2n) is 3.47. The molecule has 0 aliphatic heterocycles. The summed E-state index contributed by atoms with van der Waals surface area (Å²) in [4.78, 5) is 7.85. The van der Waals surface area contributed by atoms with Crippen molar-refractivity contribution in [2.45, 2.75) is 6.92 Å². The molecular formula is C11H10BrClN4. The number of nitrogens with zero attached hydrogens (tertiary/aromatic N) is 2. The largest absolute Gasteiger partial charge is 0.368 e. The lowest BCUT2D eigenvalue weighted by Gasteiger charge is -2.10. The number of nitrogens with two attached hydrogens (primary N) is 1. The lowest BCUT2D eigenvalue weighted by atomic mass is 10.2. The second-order valence-corrected chi connectivity index (χ2v) is 4.71. The Morgan fingerprint density at radius 2 is 2.12 bits per heavy atom. The molecule has 1 heterocycles. The minimum absolute atomic E-state index is 0.146. The third kappa shape index (κ3) is 2.87. The highest BCUT2D eigenvalue weighted by molar-refractivity contribution is 9.10. The van der Waals surface area contributed by atoms with E-state index in [1.165, 1.54) is 0 Å². The van der Waals surface area contributed by atoms with Gasteiger partial charge in [0.1, 0.15) is 11.0 Å². The van der Waals surface area contributed by atoms with E-state index in [2.05, 4.69) is 31.2 Å².